The summed E-state index contributed by atoms with van der Waals surface area (Å²) >= 11 is 0. The van der Waals surface area contributed by atoms with E-state index in [0.29, 0.717) is 17.8 Å². The van der Waals surface area contributed by atoms with Crippen LogP contribution in [0.4, 0.5) is 0 Å². The summed E-state index contributed by atoms with van der Waals surface area (Å²) in [4.78, 5) is 27.0. The first-order chi connectivity index (χ1) is 9.43. The molecule has 1 saturated carbocycles. The van der Waals surface area contributed by atoms with Crippen molar-refractivity contribution < 1.29 is 9.59 Å². The summed E-state index contributed by atoms with van der Waals surface area (Å²) in [5, 5.41) is 2.96. The van der Waals surface area contributed by atoms with Crippen LogP contribution in [0.1, 0.15) is 53.4 Å². The molecule has 2 rings (SSSR count). The largest absolute Gasteiger partial charge is 0.342 e. The van der Waals surface area contributed by atoms with Gasteiger partial charge in [0, 0.05) is 6.54 Å². The van der Waals surface area contributed by atoms with Gasteiger partial charge in [-0.1, -0.05) is 34.1 Å². The molecule has 0 aromatic heterocycles. The van der Waals surface area contributed by atoms with E-state index >= 15 is 0 Å². The molecular weight excluding hydrogens is 252 g/mol. The molecule has 1 heterocycles. The maximum atomic E-state index is 12.7. The van der Waals surface area contributed by atoms with Gasteiger partial charge >= 0.3 is 0 Å². The minimum Gasteiger partial charge on any atom is -0.342 e. The summed E-state index contributed by atoms with van der Waals surface area (Å²) < 4.78 is 0. The van der Waals surface area contributed by atoms with Crippen LogP contribution in [0.5, 0.6) is 0 Å². The first-order valence-electron chi connectivity index (χ1n) is 8.04. The van der Waals surface area contributed by atoms with Crippen molar-refractivity contribution >= 4 is 11.8 Å². The van der Waals surface area contributed by atoms with E-state index in [1.807, 2.05) is 4.90 Å². The van der Waals surface area contributed by atoms with E-state index in [-0.39, 0.29) is 23.9 Å². The average molecular weight is 280 g/mol. The number of nitrogens with zero attached hydrogens (tertiary/aromatic N) is 1. The van der Waals surface area contributed by atoms with Crippen molar-refractivity contribution in [3.05, 3.63) is 0 Å². The monoisotopic (exact) mass is 280 g/mol. The summed E-state index contributed by atoms with van der Waals surface area (Å²) in [6.45, 7) is 9.19. The number of carbonyl (C=O) groups excluding carboxylic acids is 2. The zero-order chi connectivity index (χ0) is 14.9. The second kappa shape index (κ2) is 6.15. The summed E-state index contributed by atoms with van der Waals surface area (Å²) in [5.74, 6) is 1.46. The van der Waals surface area contributed by atoms with Crippen LogP contribution in [0, 0.1) is 17.8 Å². The second-order valence-corrected chi connectivity index (χ2v) is 6.98. The molecule has 1 aliphatic carbocycles. The third kappa shape index (κ3) is 3.33. The highest BCUT2D eigenvalue weighted by molar-refractivity contribution is 5.97. The summed E-state index contributed by atoms with van der Waals surface area (Å²) in [7, 11) is 0. The number of rotatable bonds is 6. The van der Waals surface area contributed by atoms with Gasteiger partial charge in [0.05, 0.1) is 0 Å². The molecule has 2 aliphatic rings. The Morgan fingerprint density at radius 3 is 2.40 bits per heavy atom. The van der Waals surface area contributed by atoms with Crippen molar-refractivity contribution in [1.29, 1.82) is 0 Å². The fourth-order valence-electron chi connectivity index (χ4n) is 2.98. The Balaban J connectivity index is 2.14. The highest BCUT2D eigenvalue weighted by Crippen LogP contribution is 2.37. The number of piperazine rings is 1. The molecule has 20 heavy (non-hydrogen) atoms. The van der Waals surface area contributed by atoms with Gasteiger partial charge in [-0.2, -0.15) is 0 Å². The Labute approximate surface area is 122 Å². The van der Waals surface area contributed by atoms with E-state index < -0.39 is 0 Å². The highest BCUT2D eigenvalue weighted by Gasteiger charge is 2.47. The van der Waals surface area contributed by atoms with Crippen LogP contribution in [0.25, 0.3) is 0 Å². The number of nitrogens with one attached hydrogen (secondary N) is 1. The van der Waals surface area contributed by atoms with E-state index in [4.69, 9.17) is 0 Å². The topological polar surface area (TPSA) is 49.4 Å². The Hall–Kier alpha value is -1.06. The van der Waals surface area contributed by atoms with Gasteiger partial charge in [-0.25, -0.2) is 0 Å². The lowest BCUT2D eigenvalue weighted by Crippen LogP contribution is -2.64. The molecule has 3 atom stereocenters. The van der Waals surface area contributed by atoms with Crippen LogP contribution in [-0.2, 0) is 9.59 Å². The van der Waals surface area contributed by atoms with Gasteiger partial charge < -0.3 is 10.2 Å². The predicted octanol–water partition coefficient (Wildman–Crippen LogP) is 2.18. The van der Waals surface area contributed by atoms with Crippen molar-refractivity contribution in [3.8, 4) is 0 Å². The van der Waals surface area contributed by atoms with Crippen molar-refractivity contribution in [2.75, 3.05) is 6.54 Å². The minimum absolute atomic E-state index is 0.0704. The molecule has 3 unspecified atom stereocenters. The van der Waals surface area contributed by atoms with Crippen LogP contribution < -0.4 is 5.32 Å². The lowest BCUT2D eigenvalue weighted by Gasteiger charge is -2.40. The van der Waals surface area contributed by atoms with E-state index in [2.05, 4.69) is 33.0 Å². The highest BCUT2D eigenvalue weighted by atomic mass is 16.2. The van der Waals surface area contributed by atoms with Crippen LogP contribution in [-0.4, -0.2) is 35.3 Å². The summed E-state index contributed by atoms with van der Waals surface area (Å²) in [6, 6.07) is -0.526. The Morgan fingerprint density at radius 2 is 1.90 bits per heavy atom. The van der Waals surface area contributed by atoms with Crippen LogP contribution in [0.2, 0.25) is 0 Å². The normalized spacial score (nSPS) is 28.8. The number of amides is 2. The minimum atomic E-state index is -0.318. The van der Waals surface area contributed by atoms with Gasteiger partial charge in [-0.15, -0.1) is 0 Å². The SMILES string of the molecule is CCC(C)CN1C(=O)C(CC(C)C)NC(=O)C1C1CC1. The Bertz CT molecular complexity index is 377. The molecule has 1 N–H and O–H groups in total. The number of carbonyl (C=O) groups is 2. The molecule has 2 fully saturated rings. The fraction of sp³-hybridized carbons (Fsp3) is 0.875. The van der Waals surface area contributed by atoms with Gasteiger partial charge in [0.2, 0.25) is 11.8 Å². The van der Waals surface area contributed by atoms with E-state index in [1.165, 1.54) is 0 Å². The lowest BCUT2D eigenvalue weighted by atomic mass is 9.95. The Morgan fingerprint density at radius 1 is 1.25 bits per heavy atom. The second-order valence-electron chi connectivity index (χ2n) is 6.98. The third-order valence-corrected chi connectivity index (χ3v) is 4.48. The lowest BCUT2D eigenvalue weighted by molar-refractivity contribution is -0.151. The number of hydrogen-bond donors (Lipinski definition) is 1. The molecule has 114 valence electrons. The van der Waals surface area contributed by atoms with Crippen molar-refractivity contribution in [3.63, 3.8) is 0 Å². The molecule has 2 amide bonds. The van der Waals surface area contributed by atoms with E-state index in [9.17, 15) is 9.59 Å². The van der Waals surface area contributed by atoms with Crippen molar-refractivity contribution in [2.45, 2.75) is 65.5 Å². The molecule has 4 heteroatoms. The van der Waals surface area contributed by atoms with Crippen molar-refractivity contribution in [1.82, 2.24) is 10.2 Å². The predicted molar refractivity (Wildman–Crippen MR) is 79.1 cm³/mol. The smallest absolute Gasteiger partial charge is 0.245 e. The zero-order valence-electron chi connectivity index (χ0n) is 13.2. The van der Waals surface area contributed by atoms with Crippen molar-refractivity contribution in [2.24, 2.45) is 17.8 Å². The number of hydrogen-bond acceptors (Lipinski definition) is 2. The first kappa shape index (κ1) is 15.3. The molecule has 1 saturated heterocycles. The van der Waals surface area contributed by atoms with Gasteiger partial charge in [-0.05, 0) is 37.0 Å². The maximum Gasteiger partial charge on any atom is 0.245 e. The first-order valence-corrected chi connectivity index (χ1v) is 8.04. The molecule has 0 radical (unpaired) electrons. The van der Waals surface area contributed by atoms with Gasteiger partial charge in [0.1, 0.15) is 12.1 Å². The molecule has 0 bridgehead atoms. The fourth-order valence-corrected chi connectivity index (χ4v) is 2.98. The molecular formula is C16H28N2O2. The molecule has 4 nitrogen and oxygen atoms in total. The Kier molecular flexibility index (Phi) is 4.71. The zero-order valence-corrected chi connectivity index (χ0v) is 13.2. The molecule has 0 aromatic carbocycles. The van der Waals surface area contributed by atoms with E-state index in [0.717, 1.165) is 32.2 Å². The molecule has 0 aromatic rings. The summed E-state index contributed by atoms with van der Waals surface area (Å²) in [5.41, 5.74) is 0. The van der Waals surface area contributed by atoms with Crippen LogP contribution in [0.15, 0.2) is 0 Å². The molecule has 0 spiro atoms. The quantitative estimate of drug-likeness (QED) is 0.811. The van der Waals surface area contributed by atoms with Crippen LogP contribution >= 0.6 is 0 Å². The molecule has 1 aliphatic heterocycles. The third-order valence-electron chi connectivity index (χ3n) is 4.48. The van der Waals surface area contributed by atoms with Gasteiger partial charge in [-0.3, -0.25) is 9.59 Å². The van der Waals surface area contributed by atoms with Crippen LogP contribution in [0.3, 0.4) is 0 Å². The van der Waals surface area contributed by atoms with E-state index in [1.54, 1.807) is 0 Å². The standard InChI is InChI=1S/C16H28N2O2/c1-5-11(4)9-18-14(12-6-7-12)15(19)17-13(16(18)20)8-10(2)3/h10-14H,5-9H2,1-4H3,(H,17,19). The average Bonchev–Trinajstić information content (AvgIpc) is 3.18. The maximum absolute atomic E-state index is 12.7. The summed E-state index contributed by atoms with van der Waals surface area (Å²) in [6.07, 6.45) is 3.94. The van der Waals surface area contributed by atoms with Gasteiger partial charge in [0.15, 0.2) is 0 Å². The van der Waals surface area contributed by atoms with Gasteiger partial charge in [0.25, 0.3) is 0 Å².